The van der Waals surface area contributed by atoms with Crippen molar-refractivity contribution in [1.82, 2.24) is 4.57 Å². The predicted molar refractivity (Wildman–Crippen MR) is 106 cm³/mol. The van der Waals surface area contributed by atoms with Crippen LogP contribution < -0.4 is 10.5 Å². The molecule has 5 rings (SSSR count). The van der Waals surface area contributed by atoms with Crippen LogP contribution in [-0.2, 0) is 0 Å². The average Bonchev–Trinajstić information content (AvgIpc) is 2.95. The number of para-hydroxylation sites is 1. The Morgan fingerprint density at radius 3 is 2.78 bits per heavy atom. The van der Waals surface area contributed by atoms with E-state index < -0.39 is 0 Å². The third kappa shape index (κ3) is 2.19. The van der Waals surface area contributed by atoms with E-state index in [1.807, 2.05) is 30.3 Å². The van der Waals surface area contributed by atoms with Crippen molar-refractivity contribution in [3.05, 3.63) is 70.2 Å². The van der Waals surface area contributed by atoms with Crippen LogP contribution in [0.1, 0.15) is 28.9 Å². The number of carbonyl (C=O) groups excluding carboxylic acids is 1. The molecule has 0 radical (unpaired) electrons. The highest BCUT2D eigenvalue weighted by Gasteiger charge is 2.41. The van der Waals surface area contributed by atoms with Gasteiger partial charge in [0.1, 0.15) is 5.17 Å². The molecule has 3 aromatic rings. The number of nitrogens with zero attached hydrogens (tertiary/aromatic N) is 2. The van der Waals surface area contributed by atoms with Crippen LogP contribution in [0.25, 0.3) is 10.9 Å². The lowest BCUT2D eigenvalue weighted by atomic mass is 9.84. The van der Waals surface area contributed by atoms with Crippen molar-refractivity contribution in [1.29, 1.82) is 0 Å². The van der Waals surface area contributed by atoms with E-state index in [4.69, 9.17) is 33.7 Å². The zero-order valence-electron chi connectivity index (χ0n) is 14.2. The topological polar surface area (TPSA) is 69.6 Å². The van der Waals surface area contributed by atoms with Gasteiger partial charge < -0.3 is 10.5 Å². The zero-order chi connectivity index (χ0) is 18.9. The van der Waals surface area contributed by atoms with Gasteiger partial charge in [0, 0.05) is 17.3 Å². The zero-order valence-corrected chi connectivity index (χ0v) is 15.7. The molecule has 3 heterocycles. The van der Waals surface area contributed by atoms with Crippen molar-refractivity contribution in [2.45, 2.75) is 12.8 Å². The van der Waals surface area contributed by atoms with Crippen LogP contribution in [0.3, 0.4) is 0 Å². The largest absolute Gasteiger partial charge is 0.439 e. The lowest BCUT2D eigenvalue weighted by Crippen LogP contribution is -2.28. The molecule has 0 aliphatic carbocycles. The summed E-state index contributed by atoms with van der Waals surface area (Å²) in [7, 11) is 0. The van der Waals surface area contributed by atoms with Crippen molar-refractivity contribution in [2.24, 2.45) is 10.7 Å². The van der Waals surface area contributed by atoms with Gasteiger partial charge >= 0.3 is 0 Å². The molecule has 2 aromatic carbocycles. The maximum atomic E-state index is 12.6. The maximum absolute atomic E-state index is 12.6. The van der Waals surface area contributed by atoms with E-state index in [1.165, 1.54) is 6.92 Å². The smallest absolute Gasteiger partial charge is 0.228 e. The molecule has 0 amide bonds. The van der Waals surface area contributed by atoms with Gasteiger partial charge in [-0.2, -0.15) is 0 Å². The number of allylic oxidation sites excluding steroid dienone is 1. The molecule has 2 aliphatic heterocycles. The van der Waals surface area contributed by atoms with Crippen molar-refractivity contribution in [3.8, 4) is 5.75 Å². The fourth-order valence-electron chi connectivity index (χ4n) is 3.93. The summed E-state index contributed by atoms with van der Waals surface area (Å²) in [6.07, 6.45) is 0. The monoisotopic (exact) mass is 397 g/mol. The van der Waals surface area contributed by atoms with Crippen LogP contribution >= 0.6 is 23.2 Å². The van der Waals surface area contributed by atoms with Gasteiger partial charge in [0.2, 0.25) is 5.91 Å². The second kappa shape index (κ2) is 5.62. The van der Waals surface area contributed by atoms with Crippen molar-refractivity contribution < 1.29 is 9.53 Å². The van der Waals surface area contributed by atoms with Gasteiger partial charge in [0.25, 0.3) is 0 Å². The summed E-state index contributed by atoms with van der Waals surface area (Å²) < 4.78 is 7.61. The second-order valence-electron chi connectivity index (χ2n) is 6.50. The number of rotatable bonds is 0. The number of ether oxygens (including phenoxy) is 1. The summed E-state index contributed by atoms with van der Waals surface area (Å²) in [5.74, 6) is 0.264. The molecule has 2 aliphatic rings. The van der Waals surface area contributed by atoms with Gasteiger partial charge in [0.15, 0.2) is 11.6 Å². The van der Waals surface area contributed by atoms with E-state index in [2.05, 4.69) is 4.99 Å². The van der Waals surface area contributed by atoms with Crippen LogP contribution in [-0.4, -0.2) is 15.6 Å². The minimum absolute atomic E-state index is 0.120. The number of benzene rings is 2. The van der Waals surface area contributed by atoms with Crippen molar-refractivity contribution >= 4 is 50.9 Å². The standard InChI is InChI=1S/C20H13Cl2N3O2/c1-9(26)25-14-5-3-2-4-12(14)18-17(25)15-11-7-6-10(21)8-13(11)24-19(22)16(15)20(23)27-18/h2-8,15H,23H2,1H3. The Morgan fingerprint density at radius 2 is 2.00 bits per heavy atom. The Morgan fingerprint density at radius 1 is 1.22 bits per heavy atom. The quantitative estimate of drug-likeness (QED) is 0.584. The molecule has 2 N–H and O–H groups in total. The Balaban J connectivity index is 1.93. The molecule has 0 saturated heterocycles. The van der Waals surface area contributed by atoms with E-state index in [0.29, 0.717) is 27.7 Å². The maximum Gasteiger partial charge on any atom is 0.228 e. The number of aromatic nitrogens is 1. The van der Waals surface area contributed by atoms with Crippen LogP contribution in [0.5, 0.6) is 5.75 Å². The molecule has 134 valence electrons. The van der Waals surface area contributed by atoms with Gasteiger partial charge in [-0.1, -0.05) is 41.4 Å². The highest BCUT2D eigenvalue weighted by atomic mass is 35.5. The Labute approximate surface area is 164 Å². The lowest BCUT2D eigenvalue weighted by Gasteiger charge is -2.31. The predicted octanol–water partition coefficient (Wildman–Crippen LogP) is 4.93. The van der Waals surface area contributed by atoms with Gasteiger partial charge in [-0.25, -0.2) is 4.99 Å². The van der Waals surface area contributed by atoms with Crippen LogP contribution in [0.15, 0.2) is 58.9 Å². The van der Waals surface area contributed by atoms with Crippen LogP contribution in [0.2, 0.25) is 5.02 Å². The number of fused-ring (bicyclic) bond motifs is 7. The fourth-order valence-corrected chi connectivity index (χ4v) is 4.39. The van der Waals surface area contributed by atoms with E-state index in [-0.39, 0.29) is 22.9 Å². The molecule has 1 aromatic heterocycles. The first-order valence-corrected chi connectivity index (χ1v) is 9.08. The Kier molecular flexibility index (Phi) is 3.41. The lowest BCUT2D eigenvalue weighted by molar-refractivity contribution is 0.0937. The molecule has 5 nitrogen and oxygen atoms in total. The molecule has 0 bridgehead atoms. The van der Waals surface area contributed by atoms with Crippen molar-refractivity contribution in [2.75, 3.05) is 0 Å². The summed E-state index contributed by atoms with van der Waals surface area (Å²) in [4.78, 5) is 17.0. The summed E-state index contributed by atoms with van der Waals surface area (Å²) in [6, 6.07) is 13.0. The normalized spacial score (nSPS) is 17.7. The minimum Gasteiger partial charge on any atom is -0.439 e. The molecule has 1 unspecified atom stereocenters. The van der Waals surface area contributed by atoms with Gasteiger partial charge in [-0.15, -0.1) is 0 Å². The van der Waals surface area contributed by atoms with Crippen LogP contribution in [0.4, 0.5) is 5.69 Å². The summed E-state index contributed by atoms with van der Waals surface area (Å²) in [6.45, 7) is 1.52. The third-order valence-electron chi connectivity index (χ3n) is 4.96. The highest BCUT2D eigenvalue weighted by molar-refractivity contribution is 6.70. The number of halogens is 2. The second-order valence-corrected chi connectivity index (χ2v) is 7.30. The summed E-state index contributed by atoms with van der Waals surface area (Å²) in [5.41, 5.74) is 9.78. The Bertz CT molecular complexity index is 1220. The fraction of sp³-hybridized carbons (Fsp3) is 0.100. The molecule has 27 heavy (non-hydrogen) atoms. The first kappa shape index (κ1) is 16.4. The van der Waals surface area contributed by atoms with Crippen LogP contribution in [0, 0.1) is 0 Å². The summed E-state index contributed by atoms with van der Waals surface area (Å²) >= 11 is 12.6. The van der Waals surface area contributed by atoms with E-state index in [9.17, 15) is 4.79 Å². The molecule has 1 atom stereocenters. The van der Waals surface area contributed by atoms with Crippen molar-refractivity contribution in [3.63, 3.8) is 0 Å². The van der Waals surface area contributed by atoms with E-state index in [0.717, 1.165) is 16.5 Å². The third-order valence-corrected chi connectivity index (χ3v) is 5.49. The molecule has 0 fully saturated rings. The van der Waals surface area contributed by atoms with Gasteiger partial charge in [-0.3, -0.25) is 9.36 Å². The molecule has 0 saturated carbocycles. The van der Waals surface area contributed by atoms with Gasteiger partial charge in [0.05, 0.1) is 28.4 Å². The number of nitrogens with two attached hydrogens (primary N) is 1. The van der Waals surface area contributed by atoms with E-state index in [1.54, 1.807) is 16.7 Å². The number of carbonyl (C=O) groups is 1. The number of hydrogen-bond donors (Lipinski definition) is 1. The summed E-state index contributed by atoms with van der Waals surface area (Å²) in [5, 5.41) is 1.61. The Hall–Kier alpha value is -2.76. The molecule has 0 spiro atoms. The first-order valence-electron chi connectivity index (χ1n) is 8.33. The van der Waals surface area contributed by atoms with E-state index >= 15 is 0 Å². The number of aliphatic imine (C=N–C) groups is 1. The molecular weight excluding hydrogens is 385 g/mol. The average molecular weight is 398 g/mol. The first-order chi connectivity index (χ1) is 13.0. The van der Waals surface area contributed by atoms with Gasteiger partial charge in [-0.05, 0) is 29.8 Å². The highest BCUT2D eigenvalue weighted by Crippen LogP contribution is 2.52. The number of hydrogen-bond acceptors (Lipinski definition) is 4. The SMILES string of the molecule is CC(=O)n1c2c(c3ccccc31)OC(N)=C1C(Cl)=Nc3cc(Cl)ccc3C12. The molecular formula is C20H13Cl2N3O2. The molecule has 7 heteroatoms. The minimum atomic E-state index is -0.373.